The molecule has 3 aliphatic heterocycles. The normalized spacial score (nSPS) is 36.0. The molecular formula is C21H24N2O4S. The maximum Gasteiger partial charge on any atom is 0.254 e. The van der Waals surface area contributed by atoms with Crippen LogP contribution >= 0.6 is 11.3 Å². The lowest BCUT2D eigenvalue weighted by Crippen LogP contribution is -2.36. The lowest BCUT2D eigenvalue weighted by atomic mass is 9.81. The van der Waals surface area contributed by atoms with Gasteiger partial charge in [0.05, 0.1) is 29.6 Å². The molecule has 2 aliphatic carbocycles. The monoisotopic (exact) mass is 400 g/mol. The second-order valence-corrected chi connectivity index (χ2v) is 10.2. The van der Waals surface area contributed by atoms with Crippen LogP contribution in [0.15, 0.2) is 0 Å². The highest BCUT2D eigenvalue weighted by Gasteiger charge is 2.63. The summed E-state index contributed by atoms with van der Waals surface area (Å²) in [5.41, 5.74) is 1.65. The van der Waals surface area contributed by atoms with Crippen molar-refractivity contribution in [1.29, 1.82) is 0 Å². The summed E-state index contributed by atoms with van der Waals surface area (Å²) in [7, 11) is 0. The Morgan fingerprint density at radius 3 is 2.39 bits per heavy atom. The van der Waals surface area contributed by atoms with E-state index in [9.17, 15) is 14.4 Å². The zero-order chi connectivity index (χ0) is 19.2. The number of hydrogen-bond acceptors (Lipinski definition) is 5. The van der Waals surface area contributed by atoms with Crippen LogP contribution in [0.25, 0.3) is 0 Å². The summed E-state index contributed by atoms with van der Waals surface area (Å²) in [6, 6.07) is 0.243. The zero-order valence-electron chi connectivity index (χ0n) is 15.9. The van der Waals surface area contributed by atoms with Crippen molar-refractivity contribution in [2.24, 2.45) is 17.8 Å². The first-order valence-electron chi connectivity index (χ1n) is 10.5. The molecule has 28 heavy (non-hydrogen) atoms. The van der Waals surface area contributed by atoms with Crippen LogP contribution in [0.2, 0.25) is 0 Å². The molecule has 3 amide bonds. The Kier molecular flexibility index (Phi) is 3.61. The quantitative estimate of drug-likeness (QED) is 0.791. The third-order valence-electron chi connectivity index (χ3n) is 7.12. The summed E-state index contributed by atoms with van der Waals surface area (Å²) in [6.07, 6.45) is 6.27. The molecule has 4 fully saturated rings. The van der Waals surface area contributed by atoms with Gasteiger partial charge in [-0.15, -0.1) is 11.3 Å². The largest absolute Gasteiger partial charge is 0.373 e. The standard InChI is InChI=1S/C21H24N2O4S/c1-9-2-5-11-14(8-9)28-21(15(11)18(24)22-10-3-4-10)23-19(25)16-12-6-7-13(27-12)17(16)20(23)26/h9-10,12-13,16-17H,2-8H2,1H3,(H,22,24)/t9-,12-,13-,16-,17+/m1/s1. The molecule has 3 saturated heterocycles. The van der Waals surface area contributed by atoms with Gasteiger partial charge in [0.25, 0.3) is 5.91 Å². The first-order valence-corrected chi connectivity index (χ1v) is 11.3. The molecule has 1 saturated carbocycles. The minimum Gasteiger partial charge on any atom is -0.373 e. The number of anilines is 1. The number of hydrogen-bond donors (Lipinski definition) is 1. The van der Waals surface area contributed by atoms with Gasteiger partial charge < -0.3 is 10.1 Å². The highest BCUT2D eigenvalue weighted by molar-refractivity contribution is 7.17. The molecule has 1 N–H and O–H groups in total. The third kappa shape index (κ3) is 2.32. The average Bonchev–Trinajstić information content (AvgIpc) is 3.03. The van der Waals surface area contributed by atoms with E-state index in [2.05, 4.69) is 12.2 Å². The van der Waals surface area contributed by atoms with Crippen LogP contribution in [-0.4, -0.2) is 36.0 Å². The first kappa shape index (κ1) is 17.2. The fourth-order valence-electron chi connectivity index (χ4n) is 5.53. The number of nitrogens with one attached hydrogen (secondary N) is 1. The molecule has 6 nitrogen and oxygen atoms in total. The van der Waals surface area contributed by atoms with E-state index in [0.717, 1.165) is 50.5 Å². The highest BCUT2D eigenvalue weighted by atomic mass is 32.1. The summed E-state index contributed by atoms with van der Waals surface area (Å²) in [5, 5.41) is 3.66. The van der Waals surface area contributed by atoms with Gasteiger partial charge in [-0.3, -0.25) is 14.4 Å². The lowest BCUT2D eigenvalue weighted by Gasteiger charge is -2.19. The minimum atomic E-state index is -0.358. The maximum atomic E-state index is 13.3. The van der Waals surface area contributed by atoms with E-state index in [1.165, 1.54) is 21.1 Å². The highest BCUT2D eigenvalue weighted by Crippen LogP contribution is 2.52. The van der Waals surface area contributed by atoms with Crippen molar-refractivity contribution in [3.05, 3.63) is 16.0 Å². The minimum absolute atomic E-state index is 0.110. The summed E-state index contributed by atoms with van der Waals surface area (Å²) >= 11 is 1.49. The smallest absolute Gasteiger partial charge is 0.254 e. The fraction of sp³-hybridized carbons (Fsp3) is 0.667. The van der Waals surface area contributed by atoms with Crippen LogP contribution in [-0.2, 0) is 27.2 Å². The topological polar surface area (TPSA) is 75.7 Å². The Morgan fingerprint density at radius 1 is 1.07 bits per heavy atom. The Morgan fingerprint density at radius 2 is 1.75 bits per heavy atom. The van der Waals surface area contributed by atoms with Crippen LogP contribution in [0.4, 0.5) is 5.00 Å². The van der Waals surface area contributed by atoms with E-state index in [1.54, 1.807) is 0 Å². The van der Waals surface area contributed by atoms with Crippen LogP contribution < -0.4 is 10.2 Å². The zero-order valence-corrected chi connectivity index (χ0v) is 16.7. The number of ether oxygens (including phenoxy) is 1. The predicted molar refractivity (Wildman–Crippen MR) is 103 cm³/mol. The van der Waals surface area contributed by atoms with E-state index in [0.29, 0.717) is 16.5 Å². The van der Waals surface area contributed by atoms with Gasteiger partial charge >= 0.3 is 0 Å². The van der Waals surface area contributed by atoms with Gasteiger partial charge in [-0.05, 0) is 56.4 Å². The van der Waals surface area contributed by atoms with Crippen LogP contribution in [0.3, 0.4) is 0 Å². The van der Waals surface area contributed by atoms with Crippen molar-refractivity contribution in [2.45, 2.75) is 70.1 Å². The number of imide groups is 1. The van der Waals surface area contributed by atoms with E-state index in [1.807, 2.05) is 0 Å². The van der Waals surface area contributed by atoms with Gasteiger partial charge in [0.2, 0.25) is 11.8 Å². The van der Waals surface area contributed by atoms with Gasteiger partial charge in [0, 0.05) is 10.9 Å². The Bertz CT molecular complexity index is 876. The van der Waals surface area contributed by atoms with Gasteiger partial charge in [-0.1, -0.05) is 6.92 Å². The molecule has 0 radical (unpaired) electrons. The second-order valence-electron chi connectivity index (χ2n) is 9.13. The van der Waals surface area contributed by atoms with Crippen LogP contribution in [0.1, 0.15) is 59.8 Å². The number of amides is 3. The number of nitrogens with zero attached hydrogens (tertiary/aromatic N) is 1. The molecule has 5 atom stereocenters. The Hall–Kier alpha value is -1.73. The molecule has 1 aromatic heterocycles. The summed E-state index contributed by atoms with van der Waals surface area (Å²) in [6.45, 7) is 2.22. The number of thiophene rings is 1. The lowest BCUT2D eigenvalue weighted by molar-refractivity contribution is -0.124. The first-order chi connectivity index (χ1) is 13.5. The molecule has 1 aromatic rings. The van der Waals surface area contributed by atoms with Gasteiger partial charge in [-0.2, -0.15) is 0 Å². The van der Waals surface area contributed by atoms with Gasteiger partial charge in [0.1, 0.15) is 5.00 Å². The number of rotatable bonds is 3. The van der Waals surface area contributed by atoms with E-state index < -0.39 is 0 Å². The SMILES string of the molecule is C[C@@H]1CCc2c(sc(N3C(=O)[C@@H]4[C@H](C3=O)[C@H]3CC[C@H]4O3)c2C(=O)NC2CC2)C1. The number of carbonyl (C=O) groups excluding carboxylic acids is 3. The van der Waals surface area contributed by atoms with Crippen molar-refractivity contribution in [1.82, 2.24) is 5.32 Å². The summed E-state index contributed by atoms with van der Waals surface area (Å²) < 4.78 is 5.85. The summed E-state index contributed by atoms with van der Waals surface area (Å²) in [5.74, 6) is -0.579. The molecule has 6 rings (SSSR count). The molecule has 0 unspecified atom stereocenters. The van der Waals surface area contributed by atoms with Crippen molar-refractivity contribution >= 4 is 34.1 Å². The molecule has 0 spiro atoms. The van der Waals surface area contributed by atoms with Crippen molar-refractivity contribution in [2.75, 3.05) is 4.90 Å². The maximum absolute atomic E-state index is 13.3. The average molecular weight is 401 g/mol. The molecule has 4 heterocycles. The summed E-state index contributed by atoms with van der Waals surface area (Å²) in [4.78, 5) is 42.2. The molecule has 0 aromatic carbocycles. The van der Waals surface area contributed by atoms with Crippen LogP contribution in [0, 0.1) is 17.8 Å². The molecule has 2 bridgehead atoms. The van der Waals surface area contributed by atoms with Crippen LogP contribution in [0.5, 0.6) is 0 Å². The van der Waals surface area contributed by atoms with Crippen molar-refractivity contribution < 1.29 is 19.1 Å². The van der Waals surface area contributed by atoms with Gasteiger partial charge in [-0.25, -0.2) is 4.90 Å². The third-order valence-corrected chi connectivity index (χ3v) is 8.36. The predicted octanol–water partition coefficient (Wildman–Crippen LogP) is 2.43. The molecule has 7 heteroatoms. The van der Waals surface area contributed by atoms with E-state index in [-0.39, 0.29) is 47.8 Å². The number of carbonyl (C=O) groups is 3. The van der Waals surface area contributed by atoms with E-state index >= 15 is 0 Å². The van der Waals surface area contributed by atoms with Crippen molar-refractivity contribution in [3.63, 3.8) is 0 Å². The molecular weight excluding hydrogens is 376 g/mol. The Labute approximate surface area is 167 Å². The second kappa shape index (κ2) is 5.89. The van der Waals surface area contributed by atoms with E-state index in [4.69, 9.17) is 4.74 Å². The molecule has 148 valence electrons. The number of fused-ring (bicyclic) bond motifs is 6. The Balaban J connectivity index is 1.43. The fourth-order valence-corrected chi connectivity index (χ4v) is 7.04. The van der Waals surface area contributed by atoms with Crippen molar-refractivity contribution in [3.8, 4) is 0 Å². The molecule has 5 aliphatic rings. The van der Waals surface area contributed by atoms with Gasteiger partial charge in [0.15, 0.2) is 0 Å².